The lowest BCUT2D eigenvalue weighted by Gasteiger charge is -2.29. The van der Waals surface area contributed by atoms with Crippen molar-refractivity contribution in [1.29, 1.82) is 0 Å². The molecule has 0 unspecified atom stereocenters. The molecule has 0 bridgehead atoms. The number of nitrogens with one attached hydrogen (secondary N) is 2. The molecule has 2 N–H and O–H groups in total. The lowest BCUT2D eigenvalue weighted by molar-refractivity contribution is -0.0328. The first kappa shape index (κ1) is 25.4. The second kappa shape index (κ2) is 9.90. The predicted octanol–water partition coefficient (Wildman–Crippen LogP) is 5.50. The third-order valence-corrected chi connectivity index (χ3v) is 9.52. The number of alkyl halides is 3. The molecule has 0 radical (unpaired) electrons. The van der Waals surface area contributed by atoms with Gasteiger partial charge in [0.1, 0.15) is 0 Å². The highest BCUT2D eigenvalue weighted by Gasteiger charge is 2.32. The van der Waals surface area contributed by atoms with Crippen molar-refractivity contribution in [2.45, 2.75) is 52.3 Å². The Hall–Kier alpha value is -3.25. The van der Waals surface area contributed by atoms with Gasteiger partial charge in [0.2, 0.25) is 0 Å². The Labute approximate surface area is 215 Å². The fraction of sp³-hybridized carbons (Fsp3) is 0.280. The number of H-pyrrole nitrogens is 1. The molecule has 0 saturated heterocycles. The van der Waals surface area contributed by atoms with E-state index < -0.39 is 20.6 Å². The fourth-order valence-corrected chi connectivity index (χ4v) is 6.94. The number of thioether (sulfide) groups is 1. The van der Waals surface area contributed by atoms with Crippen LogP contribution in [0.15, 0.2) is 81.4 Å². The van der Waals surface area contributed by atoms with Crippen molar-refractivity contribution in [3.8, 4) is 11.1 Å². The molecule has 2 heterocycles. The van der Waals surface area contributed by atoms with Gasteiger partial charge in [0, 0.05) is 22.8 Å². The Morgan fingerprint density at radius 1 is 0.919 bits per heavy atom. The van der Waals surface area contributed by atoms with Gasteiger partial charge in [-0.1, -0.05) is 12.1 Å². The van der Waals surface area contributed by atoms with Crippen molar-refractivity contribution in [1.82, 2.24) is 14.6 Å². The number of sulfone groups is 1. The zero-order chi connectivity index (χ0) is 26.2. The molecule has 7 nitrogen and oxygen atoms in total. The molecular formula is C25H23F3N4O3S2. The second-order valence-electron chi connectivity index (χ2n) is 8.93. The van der Waals surface area contributed by atoms with E-state index in [1.807, 2.05) is 6.07 Å². The zero-order valence-corrected chi connectivity index (χ0v) is 21.0. The first-order valence-corrected chi connectivity index (χ1v) is 14.0. The van der Waals surface area contributed by atoms with Gasteiger partial charge in [-0.05, 0) is 97.1 Å². The van der Waals surface area contributed by atoms with Crippen LogP contribution >= 0.6 is 11.8 Å². The number of halogens is 3. The number of pyridine rings is 1. The van der Waals surface area contributed by atoms with Gasteiger partial charge in [-0.3, -0.25) is 0 Å². The summed E-state index contributed by atoms with van der Waals surface area (Å²) in [6.45, 7) is 0. The van der Waals surface area contributed by atoms with Crippen LogP contribution in [-0.4, -0.2) is 39.8 Å². The minimum atomic E-state index is -4.32. The van der Waals surface area contributed by atoms with Gasteiger partial charge < -0.3 is 5.32 Å². The highest BCUT2D eigenvalue weighted by Crippen LogP contribution is 2.37. The van der Waals surface area contributed by atoms with Crippen molar-refractivity contribution >= 4 is 32.9 Å². The van der Waals surface area contributed by atoms with Crippen molar-refractivity contribution < 1.29 is 21.6 Å². The summed E-state index contributed by atoms with van der Waals surface area (Å²) in [5.74, 6) is 0. The molecule has 4 aromatic rings. The van der Waals surface area contributed by atoms with Crippen molar-refractivity contribution in [3.05, 3.63) is 77.3 Å². The van der Waals surface area contributed by atoms with Crippen LogP contribution in [0.1, 0.15) is 25.7 Å². The maximum Gasteiger partial charge on any atom is 0.446 e. The number of aromatic nitrogens is 3. The largest absolute Gasteiger partial charge is 0.446 e. The number of hydrogen-bond donors (Lipinski definition) is 2. The quantitative estimate of drug-likeness (QED) is 0.309. The summed E-state index contributed by atoms with van der Waals surface area (Å²) in [7, 11) is -3.52. The maximum atomic E-state index is 13.3. The minimum absolute atomic E-state index is 0.0520. The number of hydrogen-bond acceptors (Lipinski definition) is 6. The molecule has 1 aliphatic carbocycles. The van der Waals surface area contributed by atoms with Crippen LogP contribution in [-0.2, 0) is 9.84 Å². The summed E-state index contributed by atoms with van der Waals surface area (Å²) in [5, 5.41) is 9.09. The van der Waals surface area contributed by atoms with E-state index >= 15 is 0 Å². The van der Waals surface area contributed by atoms with Gasteiger partial charge >= 0.3 is 11.2 Å². The summed E-state index contributed by atoms with van der Waals surface area (Å²) in [5.41, 5.74) is -1.93. The Bertz CT molecular complexity index is 1560. The van der Waals surface area contributed by atoms with E-state index in [1.54, 1.807) is 48.7 Å². The third-order valence-electron chi connectivity index (χ3n) is 6.50. The minimum Gasteiger partial charge on any atom is -0.382 e. The first-order chi connectivity index (χ1) is 17.6. The van der Waals surface area contributed by atoms with E-state index in [0.717, 1.165) is 11.1 Å². The normalized spacial score (nSPS) is 18.7. The van der Waals surface area contributed by atoms with Crippen LogP contribution in [0, 0.1) is 0 Å². The Kier molecular flexibility index (Phi) is 6.80. The summed E-state index contributed by atoms with van der Waals surface area (Å²) in [6.07, 6.45) is 3.91. The average molecular weight is 549 g/mol. The number of benzene rings is 2. The van der Waals surface area contributed by atoms with E-state index in [9.17, 15) is 26.4 Å². The fourth-order valence-electron chi connectivity index (χ4n) is 4.61. The van der Waals surface area contributed by atoms with Gasteiger partial charge in [0.15, 0.2) is 15.5 Å². The van der Waals surface area contributed by atoms with Crippen LogP contribution in [0.2, 0.25) is 0 Å². The van der Waals surface area contributed by atoms with Crippen molar-refractivity contribution in [2.24, 2.45) is 0 Å². The molecule has 2 aromatic carbocycles. The lowest BCUT2D eigenvalue weighted by Crippen LogP contribution is -2.32. The van der Waals surface area contributed by atoms with Crippen molar-refractivity contribution in [3.63, 3.8) is 0 Å². The number of fused-ring (bicyclic) bond motifs is 1. The van der Waals surface area contributed by atoms with Gasteiger partial charge in [0.05, 0.1) is 10.1 Å². The molecule has 0 atom stereocenters. The highest BCUT2D eigenvalue weighted by molar-refractivity contribution is 8.00. The molecule has 1 saturated carbocycles. The van der Waals surface area contributed by atoms with E-state index in [-0.39, 0.29) is 33.3 Å². The summed E-state index contributed by atoms with van der Waals surface area (Å²) < 4.78 is 65.4. The number of aromatic amines is 1. The molecule has 1 aliphatic rings. The molecule has 0 amide bonds. The maximum absolute atomic E-state index is 13.3. The molecule has 37 heavy (non-hydrogen) atoms. The van der Waals surface area contributed by atoms with E-state index in [4.69, 9.17) is 0 Å². The second-order valence-corrected chi connectivity index (χ2v) is 12.3. The van der Waals surface area contributed by atoms with Crippen LogP contribution in [0.25, 0.3) is 16.8 Å². The molecular weight excluding hydrogens is 525 g/mol. The molecule has 5 rings (SSSR count). The summed E-state index contributed by atoms with van der Waals surface area (Å²) in [6, 6.07) is 16.3. The van der Waals surface area contributed by atoms with Crippen LogP contribution in [0.3, 0.4) is 0 Å². The lowest BCUT2D eigenvalue weighted by atomic mass is 9.95. The summed E-state index contributed by atoms with van der Waals surface area (Å²) in [4.78, 5) is 12.2. The Morgan fingerprint density at radius 3 is 2.22 bits per heavy atom. The average Bonchev–Trinajstić information content (AvgIpc) is 3.25. The van der Waals surface area contributed by atoms with Gasteiger partial charge in [0.25, 0.3) is 0 Å². The van der Waals surface area contributed by atoms with Crippen LogP contribution in [0.4, 0.5) is 18.9 Å². The molecule has 1 fully saturated rings. The number of nitrogens with zero attached hydrogens (tertiary/aromatic N) is 2. The molecule has 12 heteroatoms. The Balaban J connectivity index is 1.21. The number of rotatable bonds is 6. The van der Waals surface area contributed by atoms with Crippen LogP contribution < -0.4 is 11.0 Å². The summed E-state index contributed by atoms with van der Waals surface area (Å²) >= 11 is -0.155. The van der Waals surface area contributed by atoms with Crippen LogP contribution in [0.5, 0.6) is 0 Å². The third kappa shape index (κ3) is 5.69. The topological polar surface area (TPSA) is 96.3 Å². The zero-order valence-electron chi connectivity index (χ0n) is 19.4. The number of anilines is 1. The Morgan fingerprint density at radius 2 is 1.57 bits per heavy atom. The van der Waals surface area contributed by atoms with Gasteiger partial charge in [-0.2, -0.15) is 18.3 Å². The van der Waals surface area contributed by atoms with E-state index in [1.165, 1.54) is 16.5 Å². The van der Waals surface area contributed by atoms with E-state index in [2.05, 4.69) is 15.5 Å². The first-order valence-electron chi connectivity index (χ1n) is 11.6. The predicted molar refractivity (Wildman–Crippen MR) is 136 cm³/mol. The standard InChI is InChI=1S/C25H23F3N4O3S2/c26-25(27,28)36-20-8-4-18(5-9-20)29-19-6-12-22(13-7-19)37(34,35)21-10-1-16(2-11-21)17-3-14-23-30-31-24(33)32(23)15-17/h1-5,8-11,14-15,19,22,29H,6-7,12-13H2,(H,31,33). The smallest absolute Gasteiger partial charge is 0.382 e. The molecule has 2 aromatic heterocycles. The monoisotopic (exact) mass is 548 g/mol. The molecule has 194 valence electrons. The SMILES string of the molecule is O=c1[nH]nc2ccc(-c3ccc(S(=O)(=O)C4CCC(Nc5ccc(SC(F)(F)F)cc5)CC4)cc3)cn12. The molecule has 0 spiro atoms. The van der Waals surface area contributed by atoms with Crippen molar-refractivity contribution in [2.75, 3.05) is 5.32 Å². The molecule has 0 aliphatic heterocycles. The van der Waals surface area contributed by atoms with Gasteiger partial charge in [-0.15, -0.1) is 0 Å². The van der Waals surface area contributed by atoms with E-state index in [0.29, 0.717) is 37.0 Å². The van der Waals surface area contributed by atoms with Gasteiger partial charge in [-0.25, -0.2) is 22.7 Å². The highest BCUT2D eigenvalue weighted by atomic mass is 32.2.